The number of anilines is 1. The Hall–Kier alpha value is -0.320. The van der Waals surface area contributed by atoms with Crippen molar-refractivity contribution < 1.29 is 0 Å². The summed E-state index contributed by atoms with van der Waals surface area (Å²) in [6.07, 6.45) is 1.24. The van der Waals surface area contributed by atoms with E-state index in [0.717, 1.165) is 37.0 Å². The third kappa shape index (κ3) is 2.87. The van der Waals surface area contributed by atoms with Crippen molar-refractivity contribution in [3.63, 3.8) is 0 Å². The lowest BCUT2D eigenvalue weighted by atomic mass is 10.3. The third-order valence-electron chi connectivity index (χ3n) is 2.86. The van der Waals surface area contributed by atoms with Gasteiger partial charge in [-0.05, 0) is 13.0 Å². The van der Waals surface area contributed by atoms with E-state index in [9.17, 15) is 0 Å². The summed E-state index contributed by atoms with van der Waals surface area (Å²) in [4.78, 5) is 9.41. The monoisotopic (exact) mass is 259 g/mol. The van der Waals surface area contributed by atoms with Gasteiger partial charge in [0.2, 0.25) is 0 Å². The molecule has 0 saturated carbocycles. The van der Waals surface area contributed by atoms with Crippen molar-refractivity contribution >= 4 is 28.1 Å². The van der Waals surface area contributed by atoms with Gasteiger partial charge in [0.05, 0.1) is 11.6 Å². The normalized spacial score (nSPS) is 18.0. The van der Waals surface area contributed by atoms with Gasteiger partial charge in [-0.3, -0.25) is 4.90 Å². The molecule has 0 radical (unpaired) electrons. The molecule has 5 heteroatoms. The van der Waals surface area contributed by atoms with Gasteiger partial charge in [0, 0.05) is 31.6 Å². The van der Waals surface area contributed by atoms with Gasteiger partial charge in [0.1, 0.15) is 0 Å². The zero-order valence-corrected chi connectivity index (χ0v) is 11.2. The molecule has 2 heterocycles. The second kappa shape index (κ2) is 5.84. The number of piperazine rings is 1. The fourth-order valence-corrected chi connectivity index (χ4v) is 3.09. The predicted molar refractivity (Wildman–Crippen MR) is 70.6 cm³/mol. The smallest absolute Gasteiger partial charge is 0.185 e. The van der Waals surface area contributed by atoms with E-state index in [1.165, 1.54) is 13.0 Å². The Balaban J connectivity index is 1.88. The van der Waals surface area contributed by atoms with Crippen molar-refractivity contribution in [3.8, 4) is 0 Å². The van der Waals surface area contributed by atoms with Gasteiger partial charge in [-0.25, -0.2) is 4.98 Å². The maximum atomic E-state index is 5.76. The summed E-state index contributed by atoms with van der Waals surface area (Å²) < 4.78 is 0. The van der Waals surface area contributed by atoms with Crippen molar-refractivity contribution in [3.05, 3.63) is 11.1 Å². The first kappa shape index (κ1) is 12.1. The summed E-state index contributed by atoms with van der Waals surface area (Å²) >= 11 is 7.47. The molecule has 0 bridgehead atoms. The number of thiazole rings is 1. The zero-order valence-electron chi connectivity index (χ0n) is 9.65. The number of halogens is 1. The second-order valence-corrected chi connectivity index (χ2v) is 5.19. The van der Waals surface area contributed by atoms with Gasteiger partial charge < -0.3 is 4.90 Å². The average molecular weight is 260 g/mol. The quantitative estimate of drug-likeness (QED) is 0.775. The molecule has 1 fully saturated rings. The molecule has 1 aliphatic rings. The highest BCUT2D eigenvalue weighted by Gasteiger charge is 2.18. The Morgan fingerprint density at radius 1 is 1.38 bits per heavy atom. The molecule has 0 amide bonds. The topological polar surface area (TPSA) is 19.4 Å². The van der Waals surface area contributed by atoms with E-state index in [2.05, 4.69) is 27.1 Å². The average Bonchev–Trinajstić information content (AvgIpc) is 2.79. The molecule has 0 unspecified atom stereocenters. The van der Waals surface area contributed by atoms with Crippen LogP contribution in [0.1, 0.15) is 19.0 Å². The molecule has 16 heavy (non-hydrogen) atoms. The van der Waals surface area contributed by atoms with Gasteiger partial charge in [0.25, 0.3) is 0 Å². The van der Waals surface area contributed by atoms with Crippen LogP contribution >= 0.6 is 22.9 Å². The minimum atomic E-state index is 0.520. The molecule has 1 saturated heterocycles. The molecule has 90 valence electrons. The Labute approximate surface area is 106 Å². The summed E-state index contributed by atoms with van der Waals surface area (Å²) in [5.74, 6) is 0.520. The van der Waals surface area contributed by atoms with Crippen LogP contribution in [0.4, 0.5) is 5.13 Å². The van der Waals surface area contributed by atoms with Gasteiger partial charge in [-0.15, -0.1) is 22.9 Å². The first-order chi connectivity index (χ1) is 7.83. The van der Waals surface area contributed by atoms with Crippen molar-refractivity contribution in [1.82, 2.24) is 9.88 Å². The lowest BCUT2D eigenvalue weighted by molar-refractivity contribution is 0.258. The second-order valence-electron chi connectivity index (χ2n) is 4.08. The molecule has 0 aromatic carbocycles. The Morgan fingerprint density at radius 2 is 2.12 bits per heavy atom. The fraction of sp³-hybridized carbons (Fsp3) is 0.727. The van der Waals surface area contributed by atoms with Gasteiger partial charge in [-0.2, -0.15) is 0 Å². The molecular weight excluding hydrogens is 242 g/mol. The summed E-state index contributed by atoms with van der Waals surface area (Å²) in [6.45, 7) is 7.95. The van der Waals surface area contributed by atoms with E-state index < -0.39 is 0 Å². The number of aromatic nitrogens is 1. The van der Waals surface area contributed by atoms with Crippen LogP contribution in [0.5, 0.6) is 0 Å². The van der Waals surface area contributed by atoms with Crippen LogP contribution in [0.15, 0.2) is 5.38 Å². The number of alkyl halides is 1. The summed E-state index contributed by atoms with van der Waals surface area (Å²) in [6, 6.07) is 0. The van der Waals surface area contributed by atoms with Crippen molar-refractivity contribution in [2.75, 3.05) is 37.6 Å². The van der Waals surface area contributed by atoms with Crippen molar-refractivity contribution in [2.45, 2.75) is 19.2 Å². The number of rotatable bonds is 4. The molecule has 0 atom stereocenters. The van der Waals surface area contributed by atoms with E-state index in [4.69, 9.17) is 11.6 Å². The lowest BCUT2D eigenvalue weighted by Crippen LogP contribution is -2.46. The summed E-state index contributed by atoms with van der Waals surface area (Å²) in [5, 5.41) is 3.19. The largest absolute Gasteiger partial charge is 0.346 e. The van der Waals surface area contributed by atoms with Crippen LogP contribution in [-0.2, 0) is 5.88 Å². The van der Waals surface area contributed by atoms with Crippen LogP contribution in [0.3, 0.4) is 0 Å². The Bertz CT molecular complexity index is 321. The van der Waals surface area contributed by atoms with E-state index in [1.807, 2.05) is 0 Å². The van der Waals surface area contributed by atoms with Gasteiger partial charge >= 0.3 is 0 Å². The first-order valence-electron chi connectivity index (χ1n) is 5.81. The highest BCUT2D eigenvalue weighted by molar-refractivity contribution is 7.13. The maximum absolute atomic E-state index is 5.76. The van der Waals surface area contributed by atoms with Crippen molar-refractivity contribution in [1.29, 1.82) is 0 Å². The Morgan fingerprint density at radius 3 is 2.69 bits per heavy atom. The van der Waals surface area contributed by atoms with Crippen LogP contribution < -0.4 is 4.90 Å². The van der Waals surface area contributed by atoms with Gasteiger partial charge in [-0.1, -0.05) is 6.92 Å². The minimum Gasteiger partial charge on any atom is -0.346 e. The SMILES string of the molecule is CCCN1CCN(c2nc(CCl)cs2)CC1. The summed E-state index contributed by atoms with van der Waals surface area (Å²) in [5.41, 5.74) is 0.998. The van der Waals surface area contributed by atoms with E-state index in [1.54, 1.807) is 11.3 Å². The minimum absolute atomic E-state index is 0.520. The Kier molecular flexibility index (Phi) is 4.44. The van der Waals surface area contributed by atoms with Crippen molar-refractivity contribution in [2.24, 2.45) is 0 Å². The summed E-state index contributed by atoms with van der Waals surface area (Å²) in [7, 11) is 0. The standard InChI is InChI=1S/C11H18ClN3S/c1-2-3-14-4-6-15(7-5-14)11-13-10(8-12)9-16-11/h9H,2-8H2,1H3. The van der Waals surface area contributed by atoms with Crippen LogP contribution in [0, 0.1) is 0 Å². The first-order valence-corrected chi connectivity index (χ1v) is 7.22. The number of nitrogens with zero attached hydrogens (tertiary/aromatic N) is 3. The molecule has 2 rings (SSSR count). The maximum Gasteiger partial charge on any atom is 0.185 e. The number of hydrogen-bond donors (Lipinski definition) is 0. The lowest BCUT2D eigenvalue weighted by Gasteiger charge is -2.34. The number of hydrogen-bond acceptors (Lipinski definition) is 4. The van der Waals surface area contributed by atoms with Crippen LogP contribution in [-0.4, -0.2) is 42.6 Å². The van der Waals surface area contributed by atoms with E-state index >= 15 is 0 Å². The highest BCUT2D eigenvalue weighted by Crippen LogP contribution is 2.22. The van der Waals surface area contributed by atoms with E-state index in [0.29, 0.717) is 5.88 Å². The third-order valence-corrected chi connectivity index (χ3v) is 4.08. The molecule has 0 spiro atoms. The van der Waals surface area contributed by atoms with E-state index in [-0.39, 0.29) is 0 Å². The molecule has 0 aliphatic carbocycles. The zero-order chi connectivity index (χ0) is 11.4. The van der Waals surface area contributed by atoms with Gasteiger partial charge in [0.15, 0.2) is 5.13 Å². The highest BCUT2D eigenvalue weighted by atomic mass is 35.5. The molecule has 1 aliphatic heterocycles. The van der Waals surface area contributed by atoms with Crippen LogP contribution in [0.25, 0.3) is 0 Å². The van der Waals surface area contributed by atoms with Crippen LogP contribution in [0.2, 0.25) is 0 Å². The molecular formula is C11H18ClN3S. The fourth-order valence-electron chi connectivity index (χ4n) is 1.98. The molecule has 1 aromatic heterocycles. The molecule has 3 nitrogen and oxygen atoms in total. The predicted octanol–water partition coefficient (Wildman–Crippen LogP) is 2.41. The molecule has 0 N–H and O–H groups in total. The molecule has 1 aromatic rings.